The number of benzene rings is 3. The van der Waals surface area contributed by atoms with Crippen molar-refractivity contribution >= 4 is 51.7 Å². The van der Waals surface area contributed by atoms with Gasteiger partial charge in [0, 0.05) is 46.2 Å². The SMILES string of the molecule is CSc1ccc([C@@H]2C(C(=O)OC(C)C)=C(C)N=c3s/c(=C\c4cn(Cc5ccc([N+](=O)[O-])cc5)c5ccccc45)c(=O)n32)cc1. The van der Waals surface area contributed by atoms with Crippen LogP contribution in [0.4, 0.5) is 5.69 Å². The van der Waals surface area contributed by atoms with Crippen molar-refractivity contribution in [2.45, 2.75) is 44.4 Å². The number of aromatic nitrogens is 2. The highest BCUT2D eigenvalue weighted by Crippen LogP contribution is 2.32. The van der Waals surface area contributed by atoms with E-state index in [4.69, 9.17) is 9.73 Å². The zero-order valence-electron chi connectivity index (χ0n) is 25.1. The van der Waals surface area contributed by atoms with Crippen molar-refractivity contribution in [2.75, 3.05) is 6.26 Å². The van der Waals surface area contributed by atoms with E-state index in [1.807, 2.05) is 67.1 Å². The third-order valence-electron chi connectivity index (χ3n) is 7.62. The zero-order valence-corrected chi connectivity index (χ0v) is 26.7. The Morgan fingerprint density at radius 1 is 1.11 bits per heavy atom. The summed E-state index contributed by atoms with van der Waals surface area (Å²) in [7, 11) is 0. The molecule has 1 aliphatic heterocycles. The molecule has 1 aliphatic rings. The van der Waals surface area contributed by atoms with Gasteiger partial charge in [0.2, 0.25) is 0 Å². The molecule has 45 heavy (non-hydrogen) atoms. The number of rotatable bonds is 8. The Bertz CT molecular complexity index is 2160. The molecule has 0 amide bonds. The Kier molecular flexibility index (Phi) is 8.30. The first-order valence-electron chi connectivity index (χ1n) is 14.3. The molecular formula is C34H30N4O5S2. The number of ether oxygens (including phenoxy) is 1. The summed E-state index contributed by atoms with van der Waals surface area (Å²) in [6, 6.07) is 21.6. The van der Waals surface area contributed by atoms with Gasteiger partial charge in [-0.1, -0.05) is 53.8 Å². The predicted molar refractivity (Wildman–Crippen MR) is 177 cm³/mol. The second kappa shape index (κ2) is 12.3. The first-order valence-corrected chi connectivity index (χ1v) is 16.4. The molecule has 0 N–H and O–H groups in total. The summed E-state index contributed by atoms with van der Waals surface area (Å²) < 4.78 is 9.78. The lowest BCUT2D eigenvalue weighted by molar-refractivity contribution is -0.384. The number of non-ortho nitro benzene ring substituents is 1. The average molecular weight is 639 g/mol. The number of hydrogen-bond acceptors (Lipinski definition) is 8. The number of hydrogen-bond donors (Lipinski definition) is 0. The van der Waals surface area contributed by atoms with Crippen molar-refractivity contribution in [3.63, 3.8) is 0 Å². The van der Waals surface area contributed by atoms with Gasteiger partial charge in [0.1, 0.15) is 0 Å². The second-order valence-electron chi connectivity index (χ2n) is 11.0. The molecule has 2 aromatic heterocycles. The number of thioether (sulfide) groups is 1. The van der Waals surface area contributed by atoms with Gasteiger partial charge in [-0.15, -0.1) is 11.8 Å². The number of nitro groups is 1. The lowest BCUT2D eigenvalue weighted by atomic mass is 9.96. The number of allylic oxidation sites excluding steroid dienone is 1. The Hall–Kier alpha value is -4.74. The first-order chi connectivity index (χ1) is 21.6. The Balaban J connectivity index is 1.47. The fourth-order valence-electron chi connectivity index (χ4n) is 5.54. The Morgan fingerprint density at radius 2 is 1.82 bits per heavy atom. The van der Waals surface area contributed by atoms with Crippen molar-refractivity contribution < 1.29 is 14.5 Å². The highest BCUT2D eigenvalue weighted by molar-refractivity contribution is 7.98. The van der Waals surface area contributed by atoms with Crippen LogP contribution in [0.5, 0.6) is 0 Å². The van der Waals surface area contributed by atoms with Gasteiger partial charge in [0.25, 0.3) is 11.2 Å². The molecule has 0 fully saturated rings. The average Bonchev–Trinajstić information content (AvgIpc) is 3.52. The van der Waals surface area contributed by atoms with Gasteiger partial charge in [0.15, 0.2) is 4.80 Å². The molecule has 3 aromatic carbocycles. The number of carbonyl (C=O) groups is 1. The maximum absolute atomic E-state index is 14.2. The normalized spacial score (nSPS) is 15.0. The van der Waals surface area contributed by atoms with Gasteiger partial charge in [-0.25, -0.2) is 9.79 Å². The summed E-state index contributed by atoms with van der Waals surface area (Å²) in [5.74, 6) is -0.492. The number of nitrogens with zero attached hydrogens (tertiary/aromatic N) is 4. The van der Waals surface area contributed by atoms with E-state index in [2.05, 4.69) is 4.57 Å². The van der Waals surface area contributed by atoms with Crippen molar-refractivity contribution in [2.24, 2.45) is 4.99 Å². The molecule has 228 valence electrons. The summed E-state index contributed by atoms with van der Waals surface area (Å²) in [6.07, 6.45) is 5.53. The molecule has 0 aliphatic carbocycles. The number of nitro benzene ring substituents is 1. The first kappa shape index (κ1) is 30.3. The van der Waals surface area contributed by atoms with E-state index in [0.717, 1.165) is 32.5 Å². The maximum atomic E-state index is 14.2. The Morgan fingerprint density at radius 3 is 2.49 bits per heavy atom. The van der Waals surface area contributed by atoms with E-state index in [-0.39, 0.29) is 17.4 Å². The third-order valence-corrected chi connectivity index (χ3v) is 9.35. The molecule has 11 heteroatoms. The van der Waals surface area contributed by atoms with Crippen molar-refractivity contribution in [1.29, 1.82) is 0 Å². The van der Waals surface area contributed by atoms with Gasteiger partial charge >= 0.3 is 5.97 Å². The van der Waals surface area contributed by atoms with Crippen LogP contribution in [0.2, 0.25) is 0 Å². The van der Waals surface area contributed by atoms with Crippen molar-refractivity contribution in [1.82, 2.24) is 9.13 Å². The molecule has 0 saturated heterocycles. The number of thiazole rings is 1. The number of para-hydroxylation sites is 1. The van der Waals surface area contributed by atoms with Crippen LogP contribution in [0, 0.1) is 10.1 Å². The molecule has 0 unspecified atom stereocenters. The van der Waals surface area contributed by atoms with Crippen LogP contribution in [0.3, 0.4) is 0 Å². The molecular weight excluding hydrogens is 609 g/mol. The van der Waals surface area contributed by atoms with Crippen LogP contribution in [0.1, 0.15) is 43.5 Å². The van der Waals surface area contributed by atoms with E-state index in [1.165, 1.54) is 23.5 Å². The van der Waals surface area contributed by atoms with Crippen LogP contribution in [-0.2, 0) is 16.1 Å². The van der Waals surface area contributed by atoms with E-state index in [0.29, 0.717) is 27.1 Å². The minimum atomic E-state index is -0.686. The van der Waals surface area contributed by atoms with E-state index in [9.17, 15) is 19.7 Å². The maximum Gasteiger partial charge on any atom is 0.338 e. The monoisotopic (exact) mass is 638 g/mol. The summed E-state index contributed by atoms with van der Waals surface area (Å²) in [5.41, 5.74) is 4.20. The highest BCUT2D eigenvalue weighted by Gasteiger charge is 2.33. The largest absolute Gasteiger partial charge is 0.459 e. The molecule has 3 heterocycles. The Labute approximate surface area is 267 Å². The standard InChI is InChI=1S/C34H30N4O5S2/c1-20(2)43-33(40)30-21(3)35-34-37(31(30)23-11-15-26(44-4)16-12-23)32(39)29(45-34)17-24-19-36(28-8-6-5-7-27(24)28)18-22-9-13-25(14-10-22)38(41)42/h5-17,19-20,31H,18H2,1-4H3/b29-17-/t31-/m1/s1. The number of esters is 1. The number of fused-ring (bicyclic) bond motifs is 2. The smallest absolute Gasteiger partial charge is 0.338 e. The number of carbonyl (C=O) groups excluding carboxylic acids is 1. The van der Waals surface area contributed by atoms with Crippen LogP contribution in [-0.4, -0.2) is 32.4 Å². The minimum Gasteiger partial charge on any atom is -0.459 e. The van der Waals surface area contributed by atoms with E-state index in [1.54, 1.807) is 49.2 Å². The molecule has 9 nitrogen and oxygen atoms in total. The fourth-order valence-corrected chi connectivity index (χ4v) is 6.99. The van der Waals surface area contributed by atoms with Crippen LogP contribution < -0.4 is 14.9 Å². The summed E-state index contributed by atoms with van der Waals surface area (Å²) in [4.78, 5) is 44.6. The molecule has 1 atom stereocenters. The van der Waals surface area contributed by atoms with Gasteiger partial charge in [-0.05, 0) is 62.4 Å². The second-order valence-corrected chi connectivity index (χ2v) is 12.9. The van der Waals surface area contributed by atoms with E-state index < -0.39 is 16.9 Å². The lowest BCUT2D eigenvalue weighted by Gasteiger charge is -2.25. The summed E-state index contributed by atoms with van der Waals surface area (Å²) in [6.45, 7) is 5.87. The van der Waals surface area contributed by atoms with Gasteiger partial charge < -0.3 is 9.30 Å². The minimum absolute atomic E-state index is 0.0431. The molecule has 0 bridgehead atoms. The van der Waals surface area contributed by atoms with Gasteiger partial charge in [-0.3, -0.25) is 19.5 Å². The van der Waals surface area contributed by atoms with Crippen molar-refractivity contribution in [3.8, 4) is 0 Å². The molecule has 5 aromatic rings. The summed E-state index contributed by atoms with van der Waals surface area (Å²) >= 11 is 2.90. The molecule has 0 radical (unpaired) electrons. The topological polar surface area (TPSA) is 109 Å². The van der Waals surface area contributed by atoms with E-state index >= 15 is 0 Å². The van der Waals surface area contributed by atoms with Crippen LogP contribution in [0.15, 0.2) is 105 Å². The third kappa shape index (κ3) is 5.88. The zero-order chi connectivity index (χ0) is 31.8. The quantitative estimate of drug-likeness (QED) is 0.0918. The van der Waals surface area contributed by atoms with Gasteiger partial charge in [0.05, 0.1) is 32.9 Å². The molecule has 6 rings (SSSR count). The summed E-state index contributed by atoms with van der Waals surface area (Å²) in [5, 5.41) is 12.1. The fraction of sp³-hybridized carbons (Fsp3) is 0.206. The lowest BCUT2D eigenvalue weighted by Crippen LogP contribution is -2.40. The van der Waals surface area contributed by atoms with Gasteiger partial charge in [-0.2, -0.15) is 0 Å². The molecule has 0 spiro atoms. The van der Waals surface area contributed by atoms with Crippen molar-refractivity contribution in [3.05, 3.63) is 137 Å². The van der Waals surface area contributed by atoms with Crippen LogP contribution >= 0.6 is 23.1 Å². The highest BCUT2D eigenvalue weighted by atomic mass is 32.2. The van der Waals surface area contributed by atoms with Crippen LogP contribution in [0.25, 0.3) is 17.0 Å². The predicted octanol–water partition coefficient (Wildman–Crippen LogP) is 5.82. The molecule has 0 saturated carbocycles.